The fourth-order valence-corrected chi connectivity index (χ4v) is 4.43. The summed E-state index contributed by atoms with van der Waals surface area (Å²) in [5.41, 5.74) is 0.499. The highest BCUT2D eigenvalue weighted by molar-refractivity contribution is 5.87. The van der Waals surface area contributed by atoms with Crippen molar-refractivity contribution in [3.63, 3.8) is 0 Å². The smallest absolute Gasteiger partial charge is 0.416 e. The van der Waals surface area contributed by atoms with Gasteiger partial charge in [0, 0.05) is 57.6 Å². The average Bonchev–Trinajstić information content (AvgIpc) is 3.31. The normalized spacial score (nSPS) is 14.8. The number of imidazole rings is 1. The molecule has 1 amide bonds. The van der Waals surface area contributed by atoms with Crippen molar-refractivity contribution in [1.82, 2.24) is 34.7 Å². The molecule has 4 heterocycles. The van der Waals surface area contributed by atoms with Crippen LogP contribution in [-0.2, 0) is 17.5 Å². The van der Waals surface area contributed by atoms with Crippen LogP contribution in [0, 0.1) is 0 Å². The van der Waals surface area contributed by atoms with E-state index in [1.165, 1.54) is 31.5 Å². The number of H-pyrrole nitrogens is 1. The van der Waals surface area contributed by atoms with Gasteiger partial charge in [-0.25, -0.2) is 9.97 Å². The van der Waals surface area contributed by atoms with Crippen LogP contribution < -0.4 is 15.4 Å². The van der Waals surface area contributed by atoms with Gasteiger partial charge in [-0.2, -0.15) is 23.1 Å². The molecule has 3 aromatic heterocycles. The maximum Gasteiger partial charge on any atom is 0.416 e. The third-order valence-corrected chi connectivity index (χ3v) is 6.45. The number of aromatic nitrogens is 5. The van der Waals surface area contributed by atoms with Gasteiger partial charge in [-0.05, 0) is 30.3 Å². The number of pyridine rings is 1. The lowest BCUT2D eigenvalue weighted by Gasteiger charge is -2.34. The summed E-state index contributed by atoms with van der Waals surface area (Å²) in [5.74, 6) is 0.579. The van der Waals surface area contributed by atoms with Crippen molar-refractivity contribution in [3.8, 4) is 11.8 Å². The Morgan fingerprint density at radius 2 is 1.85 bits per heavy atom. The molecule has 0 aliphatic carbocycles. The van der Waals surface area contributed by atoms with E-state index < -0.39 is 11.7 Å². The molecule has 0 radical (unpaired) electrons. The van der Waals surface area contributed by atoms with E-state index in [-0.39, 0.29) is 41.3 Å². The number of alkyl halides is 3. The van der Waals surface area contributed by atoms with Crippen molar-refractivity contribution in [1.29, 1.82) is 0 Å². The summed E-state index contributed by atoms with van der Waals surface area (Å²) in [7, 11) is 0. The van der Waals surface area contributed by atoms with Crippen LogP contribution in [0.5, 0.6) is 11.8 Å². The minimum atomic E-state index is -4.50. The lowest BCUT2D eigenvalue weighted by atomic mass is 10.0. The number of aromatic amines is 1. The number of anilines is 3. The summed E-state index contributed by atoms with van der Waals surface area (Å²) in [4.78, 5) is 35.3. The number of hydrogen-bond donors (Lipinski definition) is 3. The molecule has 1 aliphatic heterocycles. The predicted octanol–water partition coefficient (Wildman–Crippen LogP) is 4.40. The molecule has 1 aromatic carbocycles. The van der Waals surface area contributed by atoms with Crippen LogP contribution in [0.1, 0.15) is 25.0 Å². The zero-order valence-electron chi connectivity index (χ0n) is 21.9. The maximum atomic E-state index is 14.0. The molecule has 4 aromatic rings. The van der Waals surface area contributed by atoms with Crippen LogP contribution in [0.3, 0.4) is 0 Å². The molecule has 0 bridgehead atoms. The number of fused-ring (bicyclic) bond motifs is 1. The van der Waals surface area contributed by atoms with Gasteiger partial charge in [0.15, 0.2) is 5.65 Å². The average molecular weight is 556 g/mol. The lowest BCUT2D eigenvalue weighted by molar-refractivity contribution is -0.138. The zero-order chi connectivity index (χ0) is 28.3. The number of hydrogen-bond acceptors (Lipinski definition) is 9. The highest BCUT2D eigenvalue weighted by Crippen LogP contribution is 2.35. The van der Waals surface area contributed by atoms with Gasteiger partial charge in [0.2, 0.25) is 11.9 Å². The van der Waals surface area contributed by atoms with Gasteiger partial charge in [-0.15, -0.1) is 0 Å². The third-order valence-electron chi connectivity index (χ3n) is 6.45. The Balaban J connectivity index is 1.31. The maximum absolute atomic E-state index is 14.0. The number of nitrogens with one attached hydrogen (secondary N) is 3. The Labute approximate surface area is 227 Å². The first-order valence-electron chi connectivity index (χ1n) is 12.7. The SMILES string of the molecule is CCN1CCN(Cc2ccc(Nc3nc4nc(Oc5ccnc(NC(C)=O)c5)ncc4[nH]3)cc2C(F)(F)F)CC1. The van der Waals surface area contributed by atoms with Crippen molar-refractivity contribution >= 4 is 34.5 Å². The van der Waals surface area contributed by atoms with E-state index in [2.05, 4.69) is 47.4 Å². The molecule has 40 heavy (non-hydrogen) atoms. The second-order valence-electron chi connectivity index (χ2n) is 9.34. The molecule has 11 nitrogen and oxygen atoms in total. The van der Waals surface area contributed by atoms with E-state index in [0.29, 0.717) is 17.1 Å². The van der Waals surface area contributed by atoms with E-state index in [4.69, 9.17) is 4.74 Å². The van der Waals surface area contributed by atoms with Crippen LogP contribution in [0.4, 0.5) is 30.6 Å². The van der Waals surface area contributed by atoms with Crippen LogP contribution in [0.2, 0.25) is 0 Å². The first-order valence-corrected chi connectivity index (χ1v) is 12.7. The Morgan fingerprint density at radius 1 is 1.07 bits per heavy atom. The van der Waals surface area contributed by atoms with Gasteiger partial charge in [0.05, 0.1) is 11.8 Å². The molecule has 0 atom stereocenters. The summed E-state index contributed by atoms with van der Waals surface area (Å²) in [6.07, 6.45) is -1.59. The molecule has 1 fully saturated rings. The van der Waals surface area contributed by atoms with E-state index in [9.17, 15) is 18.0 Å². The van der Waals surface area contributed by atoms with Crippen molar-refractivity contribution in [2.24, 2.45) is 0 Å². The second kappa shape index (κ2) is 11.4. The third kappa shape index (κ3) is 6.63. The molecule has 210 valence electrons. The quantitative estimate of drug-likeness (QED) is 0.290. The van der Waals surface area contributed by atoms with Crippen molar-refractivity contribution < 1.29 is 22.7 Å². The number of rotatable bonds is 8. The Bertz CT molecular complexity index is 1500. The Kier molecular flexibility index (Phi) is 7.80. The fraction of sp³-hybridized carbons (Fsp3) is 0.346. The molecule has 0 spiro atoms. The molecule has 0 saturated carbocycles. The van der Waals surface area contributed by atoms with Crippen LogP contribution >= 0.6 is 0 Å². The van der Waals surface area contributed by atoms with Gasteiger partial charge in [0.25, 0.3) is 0 Å². The summed E-state index contributed by atoms with van der Waals surface area (Å²) in [6, 6.07) is 7.30. The molecule has 1 aliphatic rings. The van der Waals surface area contributed by atoms with Gasteiger partial charge < -0.3 is 25.3 Å². The van der Waals surface area contributed by atoms with Crippen LogP contribution in [0.15, 0.2) is 42.7 Å². The first kappa shape index (κ1) is 27.3. The number of halogens is 3. The molecule has 1 saturated heterocycles. The first-order chi connectivity index (χ1) is 19.2. The number of amides is 1. The molecule has 14 heteroatoms. The van der Waals surface area contributed by atoms with Crippen LogP contribution in [0.25, 0.3) is 11.2 Å². The highest BCUT2D eigenvalue weighted by atomic mass is 19.4. The standard InChI is InChI=1S/C26H28F3N9O2/c1-3-37-8-10-38(11-9-37)15-17-4-5-18(12-20(17)26(27,28)29)33-24-34-21-14-31-25(36-23(21)35-24)40-19-6-7-30-22(13-19)32-16(2)39/h4-7,12-14H,3,8-11,15H2,1-2H3,(H,30,32,39)(H2,31,33,34,35,36). The lowest BCUT2D eigenvalue weighted by Crippen LogP contribution is -2.45. The number of carbonyl (C=O) groups excluding carboxylic acids is 1. The number of benzene rings is 1. The minimum absolute atomic E-state index is 0.00555. The fourth-order valence-electron chi connectivity index (χ4n) is 4.43. The second-order valence-corrected chi connectivity index (χ2v) is 9.34. The Morgan fingerprint density at radius 3 is 2.58 bits per heavy atom. The number of likely N-dealkylation sites (N-methyl/N-ethyl adjacent to an activating group) is 1. The summed E-state index contributed by atoms with van der Waals surface area (Å²) < 4.78 is 47.6. The van der Waals surface area contributed by atoms with Gasteiger partial charge in [-0.3, -0.25) is 9.69 Å². The minimum Gasteiger partial charge on any atom is -0.424 e. The van der Waals surface area contributed by atoms with E-state index >= 15 is 0 Å². The largest absolute Gasteiger partial charge is 0.424 e. The van der Waals surface area contributed by atoms with Crippen molar-refractivity contribution in [2.75, 3.05) is 43.4 Å². The Hall–Kier alpha value is -4.30. The monoisotopic (exact) mass is 555 g/mol. The van der Waals surface area contributed by atoms with Gasteiger partial charge in [0.1, 0.15) is 17.1 Å². The molecule has 3 N–H and O–H groups in total. The topological polar surface area (TPSA) is 124 Å². The van der Waals surface area contributed by atoms with Crippen molar-refractivity contribution in [3.05, 3.63) is 53.9 Å². The molecule has 5 rings (SSSR count). The van der Waals surface area contributed by atoms with Gasteiger partial charge >= 0.3 is 12.2 Å². The number of nitrogens with zero attached hydrogens (tertiary/aromatic N) is 6. The van der Waals surface area contributed by atoms with E-state index in [1.807, 2.05) is 4.90 Å². The van der Waals surface area contributed by atoms with E-state index in [1.54, 1.807) is 12.1 Å². The summed E-state index contributed by atoms with van der Waals surface area (Å²) >= 11 is 0. The van der Waals surface area contributed by atoms with E-state index in [0.717, 1.165) is 38.8 Å². The molecular formula is C26H28F3N9O2. The van der Waals surface area contributed by atoms with Gasteiger partial charge in [-0.1, -0.05) is 13.0 Å². The number of ether oxygens (including phenoxy) is 1. The number of carbonyl (C=O) groups is 1. The summed E-state index contributed by atoms with van der Waals surface area (Å²) in [5, 5.41) is 5.46. The van der Waals surface area contributed by atoms with Crippen LogP contribution in [-0.4, -0.2) is 73.4 Å². The highest BCUT2D eigenvalue weighted by Gasteiger charge is 2.34. The molecular weight excluding hydrogens is 527 g/mol. The van der Waals surface area contributed by atoms with Crippen molar-refractivity contribution in [2.45, 2.75) is 26.6 Å². The predicted molar refractivity (Wildman–Crippen MR) is 142 cm³/mol. The zero-order valence-corrected chi connectivity index (χ0v) is 21.9. The number of piperazine rings is 1. The molecule has 0 unspecified atom stereocenters. The summed E-state index contributed by atoms with van der Waals surface area (Å²) in [6.45, 7) is 7.78.